The Balaban J connectivity index is 0.00000242. The first kappa shape index (κ1) is 18.9. The summed E-state index contributed by atoms with van der Waals surface area (Å²) in [6.07, 6.45) is 2.55. The van der Waals surface area contributed by atoms with Crippen molar-refractivity contribution in [1.29, 1.82) is 0 Å². The molecule has 22 heavy (non-hydrogen) atoms. The molecular weight excluding hydrogens is 303 g/mol. The van der Waals surface area contributed by atoms with Crippen molar-refractivity contribution < 1.29 is 9.18 Å². The van der Waals surface area contributed by atoms with E-state index in [2.05, 4.69) is 31.4 Å². The smallest absolute Gasteiger partial charge is 0.234 e. The molecule has 0 aromatic heterocycles. The molecule has 1 aliphatic rings. The van der Waals surface area contributed by atoms with Crippen LogP contribution in [0.25, 0.3) is 0 Å². The quantitative estimate of drug-likeness (QED) is 0.839. The monoisotopic (exact) mass is 328 g/mol. The summed E-state index contributed by atoms with van der Waals surface area (Å²) in [6.45, 7) is 7.46. The van der Waals surface area contributed by atoms with Crippen molar-refractivity contribution in [3.8, 4) is 0 Å². The Hall–Kier alpha value is -1.13. The van der Waals surface area contributed by atoms with Gasteiger partial charge in [-0.25, -0.2) is 4.39 Å². The van der Waals surface area contributed by atoms with Crippen molar-refractivity contribution in [2.24, 2.45) is 11.3 Å². The van der Waals surface area contributed by atoms with E-state index in [9.17, 15) is 9.18 Å². The zero-order valence-corrected chi connectivity index (χ0v) is 14.3. The van der Waals surface area contributed by atoms with Crippen LogP contribution in [0, 0.1) is 17.2 Å². The van der Waals surface area contributed by atoms with Gasteiger partial charge in [-0.2, -0.15) is 0 Å². The highest BCUT2D eigenvalue weighted by molar-refractivity contribution is 5.85. The molecule has 0 heterocycles. The van der Waals surface area contributed by atoms with Crippen LogP contribution in [-0.2, 0) is 4.79 Å². The lowest BCUT2D eigenvalue weighted by atomic mass is 9.82. The third kappa shape index (κ3) is 5.93. The molecule has 124 valence electrons. The molecule has 0 spiro atoms. The first-order valence-electron chi connectivity index (χ1n) is 7.62. The zero-order chi connectivity index (χ0) is 15.5. The van der Waals surface area contributed by atoms with Crippen LogP contribution in [0.1, 0.15) is 45.2 Å². The molecule has 1 saturated carbocycles. The van der Waals surface area contributed by atoms with Crippen LogP contribution in [0.4, 0.5) is 4.39 Å². The lowest BCUT2D eigenvalue weighted by Crippen LogP contribution is -2.41. The van der Waals surface area contributed by atoms with Gasteiger partial charge in [0.2, 0.25) is 5.91 Å². The Morgan fingerprint density at radius 2 is 1.86 bits per heavy atom. The third-order valence-corrected chi connectivity index (χ3v) is 3.79. The summed E-state index contributed by atoms with van der Waals surface area (Å²) < 4.78 is 13.1. The van der Waals surface area contributed by atoms with Crippen LogP contribution in [0.2, 0.25) is 0 Å². The SMILES string of the molecule is CC(C)(C)C(NC(=O)CNCC1CC1)c1ccc(F)cc1.Cl. The van der Waals surface area contributed by atoms with E-state index in [-0.39, 0.29) is 35.6 Å². The molecule has 1 amide bonds. The van der Waals surface area contributed by atoms with Gasteiger partial charge < -0.3 is 10.6 Å². The second kappa shape index (κ2) is 7.93. The number of halogens is 2. The summed E-state index contributed by atoms with van der Waals surface area (Å²) in [7, 11) is 0. The second-order valence-electron chi connectivity index (χ2n) is 6.99. The van der Waals surface area contributed by atoms with E-state index in [0.29, 0.717) is 6.54 Å². The fourth-order valence-electron chi connectivity index (χ4n) is 2.38. The van der Waals surface area contributed by atoms with Crippen LogP contribution in [0.3, 0.4) is 0 Å². The van der Waals surface area contributed by atoms with Crippen LogP contribution >= 0.6 is 12.4 Å². The minimum absolute atomic E-state index is 0. The highest BCUT2D eigenvalue weighted by Gasteiger charge is 2.28. The number of hydrogen-bond donors (Lipinski definition) is 2. The second-order valence-corrected chi connectivity index (χ2v) is 6.99. The summed E-state index contributed by atoms with van der Waals surface area (Å²) >= 11 is 0. The number of nitrogens with one attached hydrogen (secondary N) is 2. The topological polar surface area (TPSA) is 41.1 Å². The number of carbonyl (C=O) groups is 1. The highest BCUT2D eigenvalue weighted by atomic mass is 35.5. The van der Waals surface area contributed by atoms with Crippen molar-refractivity contribution in [2.75, 3.05) is 13.1 Å². The Morgan fingerprint density at radius 1 is 1.27 bits per heavy atom. The van der Waals surface area contributed by atoms with E-state index in [0.717, 1.165) is 18.0 Å². The predicted molar refractivity (Wildman–Crippen MR) is 89.6 cm³/mol. The maximum absolute atomic E-state index is 13.1. The summed E-state index contributed by atoms with van der Waals surface area (Å²) in [5, 5.41) is 6.26. The standard InChI is InChI=1S/C17H25FN2O.ClH/c1-17(2,3)16(13-6-8-14(18)9-7-13)20-15(21)11-19-10-12-4-5-12;/h6-9,12,16,19H,4-5,10-11H2,1-3H3,(H,20,21);1H. The van der Waals surface area contributed by atoms with Crippen LogP contribution < -0.4 is 10.6 Å². The van der Waals surface area contributed by atoms with Crippen molar-refractivity contribution in [3.63, 3.8) is 0 Å². The number of hydrogen-bond acceptors (Lipinski definition) is 2. The summed E-state index contributed by atoms with van der Waals surface area (Å²) in [6, 6.07) is 6.22. The molecule has 2 rings (SSSR count). The van der Waals surface area contributed by atoms with Crippen LogP contribution in [0.5, 0.6) is 0 Å². The molecule has 5 heteroatoms. The lowest BCUT2D eigenvalue weighted by molar-refractivity contribution is -0.121. The van der Waals surface area contributed by atoms with E-state index < -0.39 is 0 Å². The fourth-order valence-corrected chi connectivity index (χ4v) is 2.38. The van der Waals surface area contributed by atoms with Gasteiger partial charge in [-0.1, -0.05) is 32.9 Å². The minimum atomic E-state index is -0.260. The summed E-state index contributed by atoms with van der Waals surface area (Å²) in [5.41, 5.74) is 0.795. The van der Waals surface area contributed by atoms with Gasteiger partial charge in [-0.3, -0.25) is 4.79 Å². The maximum atomic E-state index is 13.1. The van der Waals surface area contributed by atoms with Crippen molar-refractivity contribution in [2.45, 2.75) is 39.7 Å². The molecule has 1 aromatic carbocycles. The lowest BCUT2D eigenvalue weighted by Gasteiger charge is -2.32. The van der Waals surface area contributed by atoms with Gasteiger partial charge in [0.05, 0.1) is 12.6 Å². The predicted octanol–water partition coefficient (Wildman–Crippen LogP) is 3.45. The molecule has 1 aliphatic carbocycles. The van der Waals surface area contributed by atoms with Crippen molar-refractivity contribution in [3.05, 3.63) is 35.6 Å². The summed E-state index contributed by atoms with van der Waals surface area (Å²) in [5.74, 6) is 0.483. The maximum Gasteiger partial charge on any atom is 0.234 e. The fraction of sp³-hybridized carbons (Fsp3) is 0.588. The highest BCUT2D eigenvalue weighted by Crippen LogP contribution is 2.32. The molecule has 1 aromatic rings. The van der Waals surface area contributed by atoms with Gasteiger partial charge in [-0.15, -0.1) is 12.4 Å². The molecule has 1 atom stereocenters. The van der Waals surface area contributed by atoms with Gasteiger partial charge in [0.1, 0.15) is 5.82 Å². The van der Waals surface area contributed by atoms with Crippen LogP contribution in [0.15, 0.2) is 24.3 Å². The number of rotatable bonds is 6. The Morgan fingerprint density at radius 3 is 2.36 bits per heavy atom. The molecule has 1 unspecified atom stereocenters. The average molecular weight is 329 g/mol. The Bertz CT molecular complexity index is 480. The van der Waals surface area contributed by atoms with E-state index in [4.69, 9.17) is 0 Å². The first-order valence-corrected chi connectivity index (χ1v) is 7.62. The number of benzene rings is 1. The van der Waals surface area contributed by atoms with Gasteiger partial charge in [-0.05, 0) is 48.4 Å². The Kier molecular flexibility index (Phi) is 6.82. The summed E-state index contributed by atoms with van der Waals surface area (Å²) in [4.78, 5) is 12.1. The van der Waals surface area contributed by atoms with Crippen molar-refractivity contribution in [1.82, 2.24) is 10.6 Å². The largest absolute Gasteiger partial charge is 0.348 e. The molecule has 2 N–H and O–H groups in total. The van der Waals surface area contributed by atoms with Crippen LogP contribution in [-0.4, -0.2) is 19.0 Å². The number of carbonyl (C=O) groups excluding carboxylic acids is 1. The normalized spacial score (nSPS) is 15.8. The van der Waals surface area contributed by atoms with E-state index in [1.807, 2.05) is 0 Å². The van der Waals surface area contributed by atoms with E-state index in [1.165, 1.54) is 25.0 Å². The third-order valence-electron chi connectivity index (χ3n) is 3.79. The van der Waals surface area contributed by atoms with Gasteiger partial charge in [0.25, 0.3) is 0 Å². The van der Waals surface area contributed by atoms with E-state index in [1.54, 1.807) is 12.1 Å². The zero-order valence-electron chi connectivity index (χ0n) is 13.5. The Labute approximate surface area is 138 Å². The van der Waals surface area contributed by atoms with Gasteiger partial charge >= 0.3 is 0 Å². The molecule has 3 nitrogen and oxygen atoms in total. The van der Waals surface area contributed by atoms with Crippen molar-refractivity contribution >= 4 is 18.3 Å². The number of amides is 1. The minimum Gasteiger partial charge on any atom is -0.348 e. The first-order chi connectivity index (χ1) is 9.86. The van der Waals surface area contributed by atoms with E-state index >= 15 is 0 Å². The van der Waals surface area contributed by atoms with Gasteiger partial charge in [0, 0.05) is 0 Å². The molecule has 0 bridgehead atoms. The average Bonchev–Trinajstić information content (AvgIpc) is 3.20. The molecule has 0 aliphatic heterocycles. The van der Waals surface area contributed by atoms with Gasteiger partial charge in [0.15, 0.2) is 0 Å². The molecule has 0 radical (unpaired) electrons. The molecule has 1 fully saturated rings. The molecule has 0 saturated heterocycles. The molecular formula is C17H26ClFN2O.